The van der Waals surface area contributed by atoms with E-state index < -0.39 is 0 Å². The highest BCUT2D eigenvalue weighted by Crippen LogP contribution is 2.22. The molecule has 0 aliphatic carbocycles. The maximum absolute atomic E-state index is 12.8. The molecule has 3 aromatic rings. The summed E-state index contributed by atoms with van der Waals surface area (Å²) in [5.41, 5.74) is 1.53. The largest absolute Gasteiger partial charge is 0.496 e. The van der Waals surface area contributed by atoms with Crippen molar-refractivity contribution in [1.82, 2.24) is 15.0 Å². The minimum atomic E-state index is -0.0795. The number of nitrogens with zero attached hydrogens (tertiary/aromatic N) is 3. The molecule has 0 aliphatic rings. The van der Waals surface area contributed by atoms with E-state index in [2.05, 4.69) is 10.1 Å². The van der Waals surface area contributed by atoms with Gasteiger partial charge in [0.1, 0.15) is 12.3 Å². The number of carbonyl (C=O) groups excluding carboxylic acids is 1. The average Bonchev–Trinajstić information content (AvgIpc) is 3.30. The highest BCUT2D eigenvalue weighted by atomic mass is 32.1. The molecule has 7 heteroatoms. The van der Waals surface area contributed by atoms with Gasteiger partial charge in [-0.1, -0.05) is 11.2 Å². The first-order valence-corrected chi connectivity index (χ1v) is 8.80. The number of amides is 1. The maximum atomic E-state index is 12.8. The standard InChI is InChI=1S/C18H19N3O3S/c1-4-21(18(22)13-7-8-14(23-3)12(2)10-13)11-16-19-17(20-24-16)15-6-5-9-25-15/h5-10H,4,11H2,1-3H3. The Morgan fingerprint density at radius 3 is 2.84 bits per heavy atom. The van der Waals surface area contributed by atoms with Crippen LogP contribution in [0.2, 0.25) is 0 Å². The molecule has 0 bridgehead atoms. The van der Waals surface area contributed by atoms with Crippen molar-refractivity contribution in [2.75, 3.05) is 13.7 Å². The van der Waals surface area contributed by atoms with Crippen molar-refractivity contribution in [2.45, 2.75) is 20.4 Å². The Balaban J connectivity index is 1.76. The Morgan fingerprint density at radius 1 is 1.36 bits per heavy atom. The number of aryl methyl sites for hydroxylation is 1. The quantitative estimate of drug-likeness (QED) is 0.671. The average molecular weight is 357 g/mol. The third-order valence-corrected chi connectivity index (χ3v) is 4.71. The van der Waals surface area contributed by atoms with Gasteiger partial charge in [-0.15, -0.1) is 11.3 Å². The van der Waals surface area contributed by atoms with Crippen molar-refractivity contribution in [2.24, 2.45) is 0 Å². The van der Waals surface area contributed by atoms with Crippen LogP contribution >= 0.6 is 11.3 Å². The predicted octanol–water partition coefficient (Wildman–Crippen LogP) is 3.78. The highest BCUT2D eigenvalue weighted by molar-refractivity contribution is 7.13. The highest BCUT2D eigenvalue weighted by Gasteiger charge is 2.19. The zero-order chi connectivity index (χ0) is 17.8. The summed E-state index contributed by atoms with van der Waals surface area (Å²) >= 11 is 1.54. The second-order valence-electron chi connectivity index (χ2n) is 5.49. The molecule has 0 unspecified atom stereocenters. The van der Waals surface area contributed by atoms with Gasteiger partial charge in [-0.05, 0) is 49.1 Å². The van der Waals surface area contributed by atoms with E-state index in [-0.39, 0.29) is 12.5 Å². The van der Waals surface area contributed by atoms with Gasteiger partial charge in [-0.3, -0.25) is 4.79 Å². The van der Waals surface area contributed by atoms with Gasteiger partial charge >= 0.3 is 0 Å². The number of carbonyl (C=O) groups is 1. The summed E-state index contributed by atoms with van der Waals surface area (Å²) in [6.45, 7) is 4.65. The second kappa shape index (κ2) is 7.48. The van der Waals surface area contributed by atoms with Crippen LogP contribution in [0, 0.1) is 6.92 Å². The Labute approximate surface area is 150 Å². The van der Waals surface area contributed by atoms with Gasteiger partial charge in [-0.2, -0.15) is 4.98 Å². The lowest BCUT2D eigenvalue weighted by Crippen LogP contribution is -2.30. The number of hydrogen-bond donors (Lipinski definition) is 0. The third kappa shape index (κ3) is 3.71. The number of benzene rings is 1. The number of rotatable bonds is 6. The van der Waals surface area contributed by atoms with Gasteiger partial charge in [-0.25, -0.2) is 0 Å². The summed E-state index contributed by atoms with van der Waals surface area (Å²) in [6, 6.07) is 9.26. The van der Waals surface area contributed by atoms with Crippen LogP contribution in [0.3, 0.4) is 0 Å². The van der Waals surface area contributed by atoms with E-state index in [1.165, 1.54) is 0 Å². The molecule has 1 aromatic carbocycles. The topological polar surface area (TPSA) is 68.5 Å². The normalized spacial score (nSPS) is 10.7. The number of aromatic nitrogens is 2. The fourth-order valence-electron chi connectivity index (χ4n) is 2.51. The van der Waals surface area contributed by atoms with Crippen molar-refractivity contribution >= 4 is 17.2 Å². The van der Waals surface area contributed by atoms with E-state index in [9.17, 15) is 4.79 Å². The van der Waals surface area contributed by atoms with Crippen molar-refractivity contribution in [3.63, 3.8) is 0 Å². The Kier molecular flexibility index (Phi) is 5.14. The summed E-state index contributed by atoms with van der Waals surface area (Å²) in [6.07, 6.45) is 0. The maximum Gasteiger partial charge on any atom is 0.254 e. The molecular weight excluding hydrogens is 338 g/mol. The van der Waals surface area contributed by atoms with Crippen molar-refractivity contribution in [3.8, 4) is 16.5 Å². The monoisotopic (exact) mass is 357 g/mol. The molecule has 25 heavy (non-hydrogen) atoms. The van der Waals surface area contributed by atoms with Crippen LogP contribution in [0.4, 0.5) is 0 Å². The third-order valence-electron chi connectivity index (χ3n) is 3.85. The van der Waals surface area contributed by atoms with Gasteiger partial charge in [0.15, 0.2) is 0 Å². The predicted molar refractivity (Wildman–Crippen MR) is 95.8 cm³/mol. The molecule has 0 fully saturated rings. The molecule has 6 nitrogen and oxygen atoms in total. The van der Waals surface area contributed by atoms with Gasteiger partial charge < -0.3 is 14.2 Å². The van der Waals surface area contributed by atoms with Crippen LogP contribution in [0.15, 0.2) is 40.2 Å². The first kappa shape index (κ1) is 17.2. The minimum Gasteiger partial charge on any atom is -0.496 e. The van der Waals surface area contributed by atoms with Gasteiger partial charge in [0, 0.05) is 12.1 Å². The smallest absolute Gasteiger partial charge is 0.254 e. The van der Waals surface area contributed by atoms with E-state index in [0.29, 0.717) is 23.8 Å². The van der Waals surface area contributed by atoms with Crippen LogP contribution in [0.25, 0.3) is 10.7 Å². The van der Waals surface area contributed by atoms with E-state index in [1.54, 1.807) is 35.5 Å². The van der Waals surface area contributed by atoms with E-state index in [4.69, 9.17) is 9.26 Å². The Hall–Kier alpha value is -2.67. The van der Waals surface area contributed by atoms with Gasteiger partial charge in [0.2, 0.25) is 11.7 Å². The van der Waals surface area contributed by atoms with Crippen LogP contribution in [0.5, 0.6) is 5.75 Å². The molecule has 2 aromatic heterocycles. The molecule has 3 rings (SSSR count). The SMILES string of the molecule is CCN(Cc1nc(-c2cccs2)no1)C(=O)c1ccc(OC)c(C)c1. The Morgan fingerprint density at radius 2 is 2.20 bits per heavy atom. The lowest BCUT2D eigenvalue weighted by Gasteiger charge is -2.19. The van der Waals surface area contributed by atoms with Crippen molar-refractivity contribution < 1.29 is 14.1 Å². The number of ether oxygens (including phenoxy) is 1. The number of hydrogen-bond acceptors (Lipinski definition) is 6. The zero-order valence-electron chi connectivity index (χ0n) is 14.4. The fraction of sp³-hybridized carbons (Fsp3) is 0.278. The van der Waals surface area contributed by atoms with Gasteiger partial charge in [0.25, 0.3) is 5.91 Å². The van der Waals surface area contributed by atoms with Crippen LogP contribution in [-0.2, 0) is 6.54 Å². The van der Waals surface area contributed by atoms with Gasteiger partial charge in [0.05, 0.1) is 12.0 Å². The lowest BCUT2D eigenvalue weighted by molar-refractivity contribution is 0.0734. The lowest BCUT2D eigenvalue weighted by atomic mass is 10.1. The summed E-state index contributed by atoms with van der Waals surface area (Å²) in [5.74, 6) is 1.65. The number of thiophene rings is 1. The molecule has 0 saturated carbocycles. The fourth-order valence-corrected chi connectivity index (χ4v) is 3.16. The van der Waals surface area contributed by atoms with E-state index in [0.717, 1.165) is 16.2 Å². The molecule has 0 radical (unpaired) electrons. The molecule has 1 amide bonds. The van der Waals surface area contributed by atoms with Crippen LogP contribution in [-0.4, -0.2) is 34.6 Å². The zero-order valence-corrected chi connectivity index (χ0v) is 15.2. The molecule has 0 spiro atoms. The molecule has 2 heterocycles. The number of methoxy groups -OCH3 is 1. The second-order valence-corrected chi connectivity index (χ2v) is 6.44. The molecule has 0 saturated heterocycles. The minimum absolute atomic E-state index is 0.0795. The summed E-state index contributed by atoms with van der Waals surface area (Å²) < 4.78 is 10.5. The summed E-state index contributed by atoms with van der Waals surface area (Å²) in [4.78, 5) is 19.8. The molecule has 0 N–H and O–H groups in total. The van der Waals surface area contributed by atoms with Crippen molar-refractivity contribution in [3.05, 3.63) is 52.7 Å². The van der Waals surface area contributed by atoms with Crippen LogP contribution in [0.1, 0.15) is 28.7 Å². The molecule has 130 valence electrons. The molecular formula is C18H19N3O3S. The summed E-state index contributed by atoms with van der Waals surface area (Å²) in [7, 11) is 1.61. The molecule has 0 aliphatic heterocycles. The first-order chi connectivity index (χ1) is 12.1. The van der Waals surface area contributed by atoms with Crippen LogP contribution < -0.4 is 4.74 Å². The van der Waals surface area contributed by atoms with Crippen molar-refractivity contribution in [1.29, 1.82) is 0 Å². The van der Waals surface area contributed by atoms with E-state index in [1.807, 2.05) is 37.4 Å². The molecule has 0 atom stereocenters. The Bertz CT molecular complexity index is 858. The first-order valence-electron chi connectivity index (χ1n) is 7.92. The summed E-state index contributed by atoms with van der Waals surface area (Å²) in [5, 5.41) is 5.94. The van der Waals surface area contributed by atoms with E-state index >= 15 is 0 Å².